The molecule has 0 amide bonds. The molecule has 6 heteroatoms. The summed E-state index contributed by atoms with van der Waals surface area (Å²) in [4.78, 5) is 15.6. The van der Waals surface area contributed by atoms with Crippen molar-refractivity contribution in [3.63, 3.8) is 0 Å². The molecule has 0 saturated heterocycles. The van der Waals surface area contributed by atoms with Gasteiger partial charge in [0.1, 0.15) is 9.88 Å². The van der Waals surface area contributed by atoms with Crippen LogP contribution in [0.4, 0.5) is 4.39 Å². The molecular formula is C13H11ClFNO2S. The predicted octanol–water partition coefficient (Wildman–Crippen LogP) is 4.42. The highest BCUT2D eigenvalue weighted by Gasteiger charge is 2.22. The topological polar surface area (TPSA) is 50.2 Å². The van der Waals surface area contributed by atoms with E-state index in [1.54, 1.807) is 6.07 Å². The summed E-state index contributed by atoms with van der Waals surface area (Å²) in [5, 5.41) is 9.48. The number of nitrogens with zero attached hydrogens (tertiary/aromatic N) is 1. The number of aromatic carboxylic acids is 1. The largest absolute Gasteiger partial charge is 0.477 e. The van der Waals surface area contributed by atoms with Crippen molar-refractivity contribution in [2.45, 2.75) is 19.8 Å². The van der Waals surface area contributed by atoms with Crippen LogP contribution < -0.4 is 0 Å². The molecule has 2 aromatic rings. The summed E-state index contributed by atoms with van der Waals surface area (Å²) >= 11 is 6.68. The molecule has 3 nitrogen and oxygen atoms in total. The Bertz CT molecular complexity index is 640. The van der Waals surface area contributed by atoms with Crippen LogP contribution in [0.15, 0.2) is 18.2 Å². The molecule has 1 N–H and O–H groups in total. The van der Waals surface area contributed by atoms with Gasteiger partial charge in [-0.3, -0.25) is 0 Å². The highest BCUT2D eigenvalue weighted by Crippen LogP contribution is 2.34. The van der Waals surface area contributed by atoms with Crippen molar-refractivity contribution in [1.82, 2.24) is 4.98 Å². The first-order valence-corrected chi connectivity index (χ1v) is 6.79. The minimum Gasteiger partial charge on any atom is -0.477 e. The second-order valence-electron chi connectivity index (χ2n) is 4.29. The van der Waals surface area contributed by atoms with Gasteiger partial charge >= 0.3 is 5.97 Å². The highest BCUT2D eigenvalue weighted by atomic mass is 35.5. The Hall–Kier alpha value is -1.46. The van der Waals surface area contributed by atoms with E-state index in [1.807, 2.05) is 13.8 Å². The number of carboxylic acids is 1. The molecule has 1 aromatic heterocycles. The Labute approximate surface area is 118 Å². The fourth-order valence-electron chi connectivity index (χ4n) is 1.66. The number of carboxylic acid groups (broad SMARTS) is 1. The first-order valence-electron chi connectivity index (χ1n) is 5.60. The molecule has 19 heavy (non-hydrogen) atoms. The molecule has 1 aromatic carbocycles. The van der Waals surface area contributed by atoms with E-state index in [2.05, 4.69) is 4.98 Å². The fraction of sp³-hybridized carbons (Fsp3) is 0.231. The summed E-state index contributed by atoms with van der Waals surface area (Å²) in [5.74, 6) is -1.67. The molecule has 0 spiro atoms. The van der Waals surface area contributed by atoms with Crippen molar-refractivity contribution in [3.05, 3.63) is 39.6 Å². The van der Waals surface area contributed by atoms with Gasteiger partial charge in [0, 0.05) is 5.56 Å². The van der Waals surface area contributed by atoms with Gasteiger partial charge in [-0.1, -0.05) is 31.5 Å². The number of rotatable bonds is 3. The summed E-state index contributed by atoms with van der Waals surface area (Å²) in [6.07, 6.45) is 0. The first kappa shape index (κ1) is 14.0. The normalized spacial score (nSPS) is 11.0. The van der Waals surface area contributed by atoms with Gasteiger partial charge < -0.3 is 5.11 Å². The number of carbonyl (C=O) groups is 1. The Morgan fingerprint density at radius 2 is 2.16 bits per heavy atom. The quantitative estimate of drug-likeness (QED) is 0.912. The number of hydrogen-bond donors (Lipinski definition) is 1. The van der Waals surface area contributed by atoms with Gasteiger partial charge in [-0.2, -0.15) is 0 Å². The van der Waals surface area contributed by atoms with Gasteiger partial charge in [-0.15, -0.1) is 11.3 Å². The molecule has 0 atom stereocenters. The molecule has 2 rings (SSSR count). The maximum atomic E-state index is 13.9. The molecule has 0 aliphatic heterocycles. The van der Waals surface area contributed by atoms with Crippen molar-refractivity contribution in [1.29, 1.82) is 0 Å². The van der Waals surface area contributed by atoms with E-state index in [0.29, 0.717) is 10.7 Å². The Morgan fingerprint density at radius 3 is 2.68 bits per heavy atom. The molecule has 0 saturated carbocycles. The van der Waals surface area contributed by atoms with Crippen LogP contribution >= 0.6 is 22.9 Å². The lowest BCUT2D eigenvalue weighted by atomic mass is 10.1. The zero-order valence-corrected chi connectivity index (χ0v) is 11.8. The van der Waals surface area contributed by atoms with Crippen LogP contribution in [0.3, 0.4) is 0 Å². The molecular weight excluding hydrogens is 289 g/mol. The molecule has 100 valence electrons. The lowest BCUT2D eigenvalue weighted by Crippen LogP contribution is -2.00. The number of thiazole rings is 1. The maximum Gasteiger partial charge on any atom is 0.347 e. The van der Waals surface area contributed by atoms with E-state index in [9.17, 15) is 9.18 Å². The van der Waals surface area contributed by atoms with Crippen LogP contribution in [-0.2, 0) is 0 Å². The van der Waals surface area contributed by atoms with Crippen LogP contribution in [0.25, 0.3) is 10.6 Å². The highest BCUT2D eigenvalue weighted by molar-refractivity contribution is 7.17. The molecule has 0 fully saturated rings. The summed E-state index contributed by atoms with van der Waals surface area (Å²) in [5.41, 5.74) is 0.693. The predicted molar refractivity (Wildman–Crippen MR) is 73.6 cm³/mol. The Morgan fingerprint density at radius 1 is 1.47 bits per heavy atom. The van der Waals surface area contributed by atoms with Gasteiger partial charge in [0.05, 0.1) is 10.7 Å². The van der Waals surface area contributed by atoms with E-state index >= 15 is 0 Å². The van der Waals surface area contributed by atoms with Crippen molar-refractivity contribution in [2.24, 2.45) is 0 Å². The molecule has 0 bridgehead atoms. The van der Waals surface area contributed by atoms with Crippen LogP contribution in [0.1, 0.15) is 35.1 Å². The SMILES string of the molecule is CC(C)c1nc(-c2cccc(Cl)c2F)sc1C(=O)O. The van der Waals surface area contributed by atoms with Crippen molar-refractivity contribution in [3.8, 4) is 10.6 Å². The van der Waals surface area contributed by atoms with Gasteiger partial charge in [-0.25, -0.2) is 14.2 Å². The number of hydrogen-bond acceptors (Lipinski definition) is 3. The van der Waals surface area contributed by atoms with Crippen LogP contribution in [0, 0.1) is 5.82 Å². The number of aromatic nitrogens is 1. The zero-order chi connectivity index (χ0) is 14.2. The summed E-state index contributed by atoms with van der Waals surface area (Å²) in [6, 6.07) is 4.59. The molecule has 0 aliphatic rings. The molecule has 0 unspecified atom stereocenters. The lowest BCUT2D eigenvalue weighted by Gasteiger charge is -2.01. The Balaban J connectivity index is 2.61. The number of benzene rings is 1. The average molecular weight is 300 g/mol. The Kier molecular flexibility index (Phi) is 3.87. The third kappa shape index (κ3) is 2.62. The van der Waals surface area contributed by atoms with Crippen molar-refractivity contribution >= 4 is 28.9 Å². The van der Waals surface area contributed by atoms with Crippen molar-refractivity contribution in [2.75, 3.05) is 0 Å². The second kappa shape index (κ2) is 5.27. The van der Waals surface area contributed by atoms with Crippen LogP contribution in [-0.4, -0.2) is 16.1 Å². The van der Waals surface area contributed by atoms with Crippen LogP contribution in [0.2, 0.25) is 5.02 Å². The summed E-state index contributed by atoms with van der Waals surface area (Å²) in [6.45, 7) is 3.69. The number of halogens is 2. The maximum absolute atomic E-state index is 13.9. The third-order valence-electron chi connectivity index (χ3n) is 2.58. The minimum absolute atomic E-state index is 0.00401. The van der Waals surface area contributed by atoms with Crippen LogP contribution in [0.5, 0.6) is 0 Å². The first-order chi connectivity index (χ1) is 8.91. The smallest absolute Gasteiger partial charge is 0.347 e. The second-order valence-corrected chi connectivity index (χ2v) is 5.70. The third-order valence-corrected chi connectivity index (χ3v) is 3.96. The molecule has 0 radical (unpaired) electrons. The lowest BCUT2D eigenvalue weighted by molar-refractivity contribution is 0.0700. The summed E-state index contributed by atoms with van der Waals surface area (Å²) in [7, 11) is 0. The molecule has 1 heterocycles. The van der Waals surface area contributed by atoms with Gasteiger partial charge in [-0.05, 0) is 18.1 Å². The average Bonchev–Trinajstić information content (AvgIpc) is 2.77. The van der Waals surface area contributed by atoms with Gasteiger partial charge in [0.15, 0.2) is 5.82 Å². The van der Waals surface area contributed by atoms with E-state index in [4.69, 9.17) is 16.7 Å². The fourth-order valence-corrected chi connectivity index (χ4v) is 2.91. The van der Waals surface area contributed by atoms with E-state index in [1.165, 1.54) is 12.1 Å². The monoisotopic (exact) mass is 299 g/mol. The zero-order valence-electron chi connectivity index (χ0n) is 10.3. The van der Waals surface area contributed by atoms with E-state index < -0.39 is 11.8 Å². The van der Waals surface area contributed by atoms with Crippen molar-refractivity contribution < 1.29 is 14.3 Å². The van der Waals surface area contributed by atoms with E-state index in [-0.39, 0.29) is 21.4 Å². The summed E-state index contributed by atoms with van der Waals surface area (Å²) < 4.78 is 13.9. The molecule has 0 aliphatic carbocycles. The van der Waals surface area contributed by atoms with Gasteiger partial charge in [0.2, 0.25) is 0 Å². The minimum atomic E-state index is -1.05. The van der Waals surface area contributed by atoms with Gasteiger partial charge in [0.25, 0.3) is 0 Å². The standard InChI is InChI=1S/C13H11ClFNO2S/c1-6(2)10-11(13(17)18)19-12(16-10)7-4-3-5-8(14)9(7)15/h3-6H,1-2H3,(H,17,18). The van der Waals surface area contributed by atoms with E-state index in [0.717, 1.165) is 11.3 Å².